The molecule has 2 aromatic rings. The van der Waals surface area contributed by atoms with Crippen molar-refractivity contribution in [1.29, 1.82) is 0 Å². The Bertz CT molecular complexity index is 788. The lowest BCUT2D eigenvalue weighted by Crippen LogP contribution is -2.29. The molecule has 0 atom stereocenters. The Kier molecular flexibility index (Phi) is 6.02. The third-order valence-electron chi connectivity index (χ3n) is 3.55. The van der Waals surface area contributed by atoms with Gasteiger partial charge in [0, 0.05) is 23.6 Å². The number of nitrogens with one attached hydrogen (secondary N) is 1. The standard InChI is InChI=1S/C16H21N5O3S/c1-4-20-13(9-18-16(17)22)19-14(10(2)3)15(20)25-12-7-5-6-11(8-12)21(23)24/h5-8,10H,4,9H2,1-3H3,(H3,17,18,22). The van der Waals surface area contributed by atoms with Gasteiger partial charge in [0.05, 0.1) is 17.2 Å². The SMILES string of the molecule is CCn1c(CNC(N)=O)nc(C(C)C)c1Sc1cccc([N+](=O)[O-])c1. The van der Waals surface area contributed by atoms with Crippen molar-refractivity contribution < 1.29 is 9.72 Å². The van der Waals surface area contributed by atoms with Crippen LogP contribution in [-0.4, -0.2) is 20.5 Å². The molecule has 134 valence electrons. The van der Waals surface area contributed by atoms with Crippen molar-refractivity contribution in [3.8, 4) is 0 Å². The van der Waals surface area contributed by atoms with Crippen molar-refractivity contribution >= 4 is 23.5 Å². The molecule has 1 heterocycles. The Morgan fingerprint density at radius 2 is 2.20 bits per heavy atom. The fourth-order valence-electron chi connectivity index (χ4n) is 2.39. The van der Waals surface area contributed by atoms with Crippen molar-refractivity contribution in [1.82, 2.24) is 14.9 Å². The van der Waals surface area contributed by atoms with E-state index in [4.69, 9.17) is 5.73 Å². The molecule has 1 aromatic carbocycles. The fourth-order valence-corrected chi connectivity index (χ4v) is 3.67. The van der Waals surface area contributed by atoms with Gasteiger partial charge < -0.3 is 15.6 Å². The van der Waals surface area contributed by atoms with Gasteiger partial charge in [-0.25, -0.2) is 9.78 Å². The van der Waals surface area contributed by atoms with Crippen LogP contribution in [0.25, 0.3) is 0 Å². The van der Waals surface area contributed by atoms with Crippen LogP contribution in [-0.2, 0) is 13.1 Å². The molecular formula is C16H21N5O3S. The summed E-state index contributed by atoms with van der Waals surface area (Å²) >= 11 is 1.43. The molecule has 0 fully saturated rings. The summed E-state index contributed by atoms with van der Waals surface area (Å²) in [5.74, 6) is 0.874. The molecule has 0 radical (unpaired) electrons. The summed E-state index contributed by atoms with van der Waals surface area (Å²) in [6.45, 7) is 6.94. The first-order valence-corrected chi connectivity index (χ1v) is 8.70. The number of nitrogens with two attached hydrogens (primary N) is 1. The second-order valence-electron chi connectivity index (χ2n) is 5.69. The van der Waals surface area contributed by atoms with E-state index in [0.717, 1.165) is 15.6 Å². The molecule has 0 aliphatic heterocycles. The second-order valence-corrected chi connectivity index (χ2v) is 6.75. The minimum absolute atomic E-state index is 0.0503. The number of amides is 2. The lowest BCUT2D eigenvalue weighted by molar-refractivity contribution is -0.385. The van der Waals surface area contributed by atoms with Gasteiger partial charge in [0.25, 0.3) is 5.69 Å². The number of primary amides is 1. The van der Waals surface area contributed by atoms with Gasteiger partial charge in [0.15, 0.2) is 0 Å². The summed E-state index contributed by atoms with van der Waals surface area (Å²) in [5, 5.41) is 14.5. The highest BCUT2D eigenvalue weighted by atomic mass is 32.2. The van der Waals surface area contributed by atoms with Crippen LogP contribution < -0.4 is 11.1 Å². The third kappa shape index (κ3) is 4.50. The highest BCUT2D eigenvalue weighted by Crippen LogP contribution is 2.36. The Hall–Kier alpha value is -2.55. The van der Waals surface area contributed by atoms with Gasteiger partial charge in [-0.2, -0.15) is 0 Å². The highest BCUT2D eigenvalue weighted by Gasteiger charge is 2.20. The number of hydrogen-bond acceptors (Lipinski definition) is 5. The maximum Gasteiger partial charge on any atom is 0.312 e. The van der Waals surface area contributed by atoms with E-state index in [1.165, 1.54) is 17.8 Å². The molecule has 0 saturated heterocycles. The van der Waals surface area contributed by atoms with Gasteiger partial charge in [-0.05, 0) is 18.9 Å². The normalized spacial score (nSPS) is 10.9. The van der Waals surface area contributed by atoms with Gasteiger partial charge in [-0.1, -0.05) is 31.7 Å². The zero-order valence-electron chi connectivity index (χ0n) is 14.4. The van der Waals surface area contributed by atoms with E-state index in [2.05, 4.69) is 10.3 Å². The molecule has 2 amide bonds. The summed E-state index contributed by atoms with van der Waals surface area (Å²) in [7, 11) is 0. The number of benzene rings is 1. The largest absolute Gasteiger partial charge is 0.352 e. The van der Waals surface area contributed by atoms with Gasteiger partial charge >= 0.3 is 6.03 Å². The quantitative estimate of drug-likeness (QED) is 0.578. The van der Waals surface area contributed by atoms with Crippen molar-refractivity contribution in [3.05, 3.63) is 45.9 Å². The summed E-state index contributed by atoms with van der Waals surface area (Å²) in [6.07, 6.45) is 0. The van der Waals surface area contributed by atoms with E-state index >= 15 is 0 Å². The summed E-state index contributed by atoms with van der Waals surface area (Å²) in [4.78, 5) is 27.0. The smallest absolute Gasteiger partial charge is 0.312 e. The van der Waals surface area contributed by atoms with Crippen molar-refractivity contribution in [2.24, 2.45) is 5.73 Å². The molecule has 8 nitrogen and oxygen atoms in total. The number of carbonyl (C=O) groups excluding carboxylic acids is 1. The molecule has 25 heavy (non-hydrogen) atoms. The molecule has 0 bridgehead atoms. The van der Waals surface area contributed by atoms with Crippen LogP contribution in [0.3, 0.4) is 0 Å². The summed E-state index contributed by atoms with van der Waals surface area (Å²) < 4.78 is 1.99. The number of nitro groups is 1. The first-order valence-electron chi connectivity index (χ1n) is 7.88. The monoisotopic (exact) mass is 363 g/mol. The number of hydrogen-bond donors (Lipinski definition) is 2. The van der Waals surface area contributed by atoms with Crippen molar-refractivity contribution in [2.45, 2.75) is 49.7 Å². The molecule has 0 saturated carbocycles. The molecule has 1 aromatic heterocycles. The van der Waals surface area contributed by atoms with Gasteiger partial charge in [0.1, 0.15) is 10.9 Å². The number of non-ortho nitro benzene ring substituents is 1. The third-order valence-corrected chi connectivity index (χ3v) is 4.66. The van der Waals surface area contributed by atoms with E-state index in [1.807, 2.05) is 31.4 Å². The van der Waals surface area contributed by atoms with E-state index < -0.39 is 11.0 Å². The van der Waals surface area contributed by atoms with Crippen molar-refractivity contribution in [3.63, 3.8) is 0 Å². The van der Waals surface area contributed by atoms with Gasteiger partial charge in [-0.3, -0.25) is 10.1 Å². The average molecular weight is 363 g/mol. The Labute approximate surface area is 150 Å². The number of rotatable bonds is 7. The molecule has 0 unspecified atom stereocenters. The van der Waals surface area contributed by atoms with Crippen molar-refractivity contribution in [2.75, 3.05) is 0 Å². The minimum Gasteiger partial charge on any atom is -0.352 e. The van der Waals surface area contributed by atoms with E-state index in [-0.39, 0.29) is 18.2 Å². The number of carbonyl (C=O) groups is 1. The first kappa shape index (κ1) is 18.8. The molecule has 0 aliphatic carbocycles. The predicted octanol–water partition coefficient (Wildman–Crippen LogP) is 3.25. The minimum atomic E-state index is -0.607. The van der Waals surface area contributed by atoms with Crippen LogP contribution in [0.5, 0.6) is 0 Å². The van der Waals surface area contributed by atoms with Crippen LogP contribution in [0.1, 0.15) is 38.2 Å². The van der Waals surface area contributed by atoms with E-state index in [0.29, 0.717) is 12.4 Å². The molecule has 2 rings (SSSR count). The first-order chi connectivity index (χ1) is 11.8. The zero-order chi connectivity index (χ0) is 18.6. The van der Waals surface area contributed by atoms with Gasteiger partial charge in [-0.15, -0.1) is 0 Å². The van der Waals surface area contributed by atoms with Crippen LogP contribution in [0.15, 0.2) is 34.2 Å². The Morgan fingerprint density at radius 3 is 2.76 bits per heavy atom. The lowest BCUT2D eigenvalue weighted by Gasteiger charge is -2.11. The van der Waals surface area contributed by atoms with Gasteiger partial charge in [0.2, 0.25) is 0 Å². The van der Waals surface area contributed by atoms with Crippen LogP contribution in [0.4, 0.5) is 10.5 Å². The predicted molar refractivity (Wildman–Crippen MR) is 95.6 cm³/mol. The lowest BCUT2D eigenvalue weighted by atomic mass is 10.1. The van der Waals surface area contributed by atoms with Crippen LogP contribution >= 0.6 is 11.8 Å². The maximum absolute atomic E-state index is 11.0. The Balaban J connectivity index is 2.42. The van der Waals surface area contributed by atoms with E-state index in [9.17, 15) is 14.9 Å². The number of nitrogens with zero attached hydrogens (tertiary/aromatic N) is 3. The highest BCUT2D eigenvalue weighted by molar-refractivity contribution is 7.99. The molecule has 0 spiro atoms. The topological polar surface area (TPSA) is 116 Å². The average Bonchev–Trinajstić information content (AvgIpc) is 2.90. The van der Waals surface area contributed by atoms with E-state index in [1.54, 1.807) is 12.1 Å². The molecule has 9 heteroatoms. The fraction of sp³-hybridized carbons (Fsp3) is 0.375. The number of aromatic nitrogens is 2. The summed E-state index contributed by atoms with van der Waals surface area (Å²) in [6, 6.07) is 5.90. The number of imidazole rings is 1. The summed E-state index contributed by atoms with van der Waals surface area (Å²) in [5.41, 5.74) is 6.09. The molecule has 0 aliphatic rings. The Morgan fingerprint density at radius 1 is 1.48 bits per heavy atom. The van der Waals surface area contributed by atoms with Crippen LogP contribution in [0, 0.1) is 10.1 Å². The van der Waals surface area contributed by atoms with Crippen LogP contribution in [0.2, 0.25) is 0 Å². The zero-order valence-corrected chi connectivity index (χ0v) is 15.2. The number of urea groups is 1. The second kappa shape index (κ2) is 8.02. The number of nitro benzene ring substituents is 1. The molecular weight excluding hydrogens is 342 g/mol. The maximum atomic E-state index is 11.0. The molecule has 3 N–H and O–H groups in total.